The lowest BCUT2D eigenvalue weighted by Crippen LogP contribution is -2.13. The van der Waals surface area contributed by atoms with Crippen molar-refractivity contribution in [3.63, 3.8) is 0 Å². The van der Waals surface area contributed by atoms with E-state index in [4.69, 9.17) is 22.1 Å². The van der Waals surface area contributed by atoms with Crippen LogP contribution in [0.5, 0.6) is 5.75 Å². The average Bonchev–Trinajstić information content (AvgIpc) is 2.42. The molecule has 0 aliphatic heterocycles. The van der Waals surface area contributed by atoms with Crippen LogP contribution in [0, 0.1) is 6.92 Å². The summed E-state index contributed by atoms with van der Waals surface area (Å²) in [6.45, 7) is 1.81. The molecule has 1 aromatic heterocycles. The van der Waals surface area contributed by atoms with E-state index in [0.29, 0.717) is 27.8 Å². The van der Waals surface area contributed by atoms with Gasteiger partial charge in [0, 0.05) is 11.8 Å². The fourth-order valence-corrected chi connectivity index (χ4v) is 1.82. The highest BCUT2D eigenvalue weighted by atomic mass is 35.5. The predicted molar refractivity (Wildman–Crippen MR) is 79.3 cm³/mol. The number of aromatic nitrogens is 1. The molecule has 2 rings (SSSR count). The number of ether oxygens (including phenoxy) is 1. The third-order valence-corrected chi connectivity index (χ3v) is 3.14. The summed E-state index contributed by atoms with van der Waals surface area (Å²) in [7, 11) is 1.49. The summed E-state index contributed by atoms with van der Waals surface area (Å²) >= 11 is 5.84. The quantitative estimate of drug-likeness (QED) is 0.673. The number of halogens is 1. The molecular formula is C14H14ClN3O2. The van der Waals surface area contributed by atoms with Crippen molar-refractivity contribution in [2.45, 2.75) is 6.92 Å². The Labute approximate surface area is 121 Å². The molecule has 20 heavy (non-hydrogen) atoms. The summed E-state index contributed by atoms with van der Waals surface area (Å²) in [4.78, 5) is 16.2. The summed E-state index contributed by atoms with van der Waals surface area (Å²) in [6.07, 6.45) is 1.50. The first kappa shape index (κ1) is 14.1. The van der Waals surface area contributed by atoms with Crippen LogP contribution in [0.3, 0.4) is 0 Å². The summed E-state index contributed by atoms with van der Waals surface area (Å²) in [5.41, 5.74) is 7.93. The number of anilines is 2. The molecule has 0 aliphatic carbocycles. The van der Waals surface area contributed by atoms with Crippen molar-refractivity contribution in [2.24, 2.45) is 0 Å². The Morgan fingerprint density at radius 3 is 2.80 bits per heavy atom. The van der Waals surface area contributed by atoms with Gasteiger partial charge in [-0.05, 0) is 30.7 Å². The first-order valence-corrected chi connectivity index (χ1v) is 6.26. The standard InChI is InChI=1S/C14H14ClN3O2/c1-8-5-10(7-17-13(8)15)18-14(19)11-4-3-9(16)6-12(11)20-2/h3-7H,16H2,1-2H3,(H,18,19). The van der Waals surface area contributed by atoms with Crippen molar-refractivity contribution in [1.29, 1.82) is 0 Å². The number of aryl methyl sites for hydroxylation is 1. The highest BCUT2D eigenvalue weighted by Crippen LogP contribution is 2.23. The van der Waals surface area contributed by atoms with E-state index >= 15 is 0 Å². The van der Waals surface area contributed by atoms with Gasteiger partial charge in [-0.25, -0.2) is 4.98 Å². The smallest absolute Gasteiger partial charge is 0.259 e. The zero-order valence-electron chi connectivity index (χ0n) is 11.1. The van der Waals surface area contributed by atoms with Crippen molar-refractivity contribution in [2.75, 3.05) is 18.2 Å². The van der Waals surface area contributed by atoms with Gasteiger partial charge in [-0.2, -0.15) is 0 Å². The minimum absolute atomic E-state index is 0.301. The fourth-order valence-electron chi connectivity index (χ4n) is 1.72. The van der Waals surface area contributed by atoms with Gasteiger partial charge in [-0.15, -0.1) is 0 Å². The molecule has 0 fully saturated rings. The number of nitrogens with one attached hydrogen (secondary N) is 1. The van der Waals surface area contributed by atoms with Crippen LogP contribution in [0.2, 0.25) is 5.15 Å². The van der Waals surface area contributed by atoms with Crippen LogP contribution in [-0.2, 0) is 0 Å². The van der Waals surface area contributed by atoms with Crippen molar-refractivity contribution < 1.29 is 9.53 Å². The van der Waals surface area contributed by atoms with Crippen molar-refractivity contribution in [3.8, 4) is 5.75 Å². The molecule has 1 aromatic carbocycles. The summed E-state index contributed by atoms with van der Waals surface area (Å²) in [6, 6.07) is 6.60. The van der Waals surface area contributed by atoms with E-state index in [-0.39, 0.29) is 5.91 Å². The Morgan fingerprint density at radius 2 is 2.15 bits per heavy atom. The number of nitrogens with zero attached hydrogens (tertiary/aromatic N) is 1. The average molecular weight is 292 g/mol. The van der Waals surface area contributed by atoms with Crippen molar-refractivity contribution in [1.82, 2.24) is 4.98 Å². The second-order valence-corrected chi connectivity index (χ2v) is 4.60. The molecular weight excluding hydrogens is 278 g/mol. The lowest BCUT2D eigenvalue weighted by Gasteiger charge is -2.10. The normalized spacial score (nSPS) is 10.2. The summed E-state index contributed by atoms with van der Waals surface area (Å²) in [5, 5.41) is 3.15. The molecule has 0 spiro atoms. The number of hydrogen-bond donors (Lipinski definition) is 2. The molecule has 0 atom stereocenters. The second kappa shape index (κ2) is 5.79. The zero-order valence-corrected chi connectivity index (χ0v) is 11.9. The van der Waals surface area contributed by atoms with Gasteiger partial charge in [0.15, 0.2) is 0 Å². The minimum Gasteiger partial charge on any atom is -0.496 e. The molecule has 5 nitrogen and oxygen atoms in total. The SMILES string of the molecule is COc1cc(N)ccc1C(=O)Nc1cnc(Cl)c(C)c1. The Hall–Kier alpha value is -2.27. The molecule has 1 heterocycles. The van der Waals surface area contributed by atoms with E-state index in [1.807, 2.05) is 6.92 Å². The second-order valence-electron chi connectivity index (χ2n) is 4.25. The number of hydrogen-bond acceptors (Lipinski definition) is 4. The number of nitrogen functional groups attached to an aromatic ring is 1. The predicted octanol–water partition coefficient (Wildman–Crippen LogP) is 2.89. The number of carbonyl (C=O) groups excluding carboxylic acids is 1. The third kappa shape index (κ3) is 3.00. The fraction of sp³-hybridized carbons (Fsp3) is 0.143. The van der Waals surface area contributed by atoms with Crippen LogP contribution in [-0.4, -0.2) is 18.0 Å². The van der Waals surface area contributed by atoms with Crippen LogP contribution in [0.4, 0.5) is 11.4 Å². The maximum atomic E-state index is 12.2. The number of benzene rings is 1. The van der Waals surface area contributed by atoms with E-state index in [9.17, 15) is 4.79 Å². The Bertz CT molecular complexity index is 659. The Morgan fingerprint density at radius 1 is 1.40 bits per heavy atom. The maximum absolute atomic E-state index is 12.2. The molecule has 104 valence electrons. The number of pyridine rings is 1. The van der Waals surface area contributed by atoms with Crippen molar-refractivity contribution >= 4 is 28.9 Å². The van der Waals surface area contributed by atoms with E-state index < -0.39 is 0 Å². The Balaban J connectivity index is 2.25. The number of amides is 1. The highest BCUT2D eigenvalue weighted by molar-refractivity contribution is 6.30. The minimum atomic E-state index is -0.301. The van der Waals surface area contributed by atoms with Crippen LogP contribution in [0.25, 0.3) is 0 Å². The van der Waals surface area contributed by atoms with Crippen LogP contribution < -0.4 is 15.8 Å². The molecule has 0 bridgehead atoms. The van der Waals surface area contributed by atoms with Gasteiger partial charge in [0.25, 0.3) is 5.91 Å². The topological polar surface area (TPSA) is 77.2 Å². The molecule has 0 aliphatic rings. The third-order valence-electron chi connectivity index (χ3n) is 2.74. The van der Waals surface area contributed by atoms with Crippen LogP contribution in [0.1, 0.15) is 15.9 Å². The van der Waals surface area contributed by atoms with E-state index in [1.54, 1.807) is 24.3 Å². The van der Waals surface area contributed by atoms with Gasteiger partial charge in [0.2, 0.25) is 0 Å². The van der Waals surface area contributed by atoms with Crippen LogP contribution in [0.15, 0.2) is 30.5 Å². The van der Waals surface area contributed by atoms with Gasteiger partial charge < -0.3 is 15.8 Å². The van der Waals surface area contributed by atoms with Crippen LogP contribution >= 0.6 is 11.6 Å². The molecule has 2 aromatic rings. The first-order valence-electron chi connectivity index (χ1n) is 5.88. The van der Waals surface area contributed by atoms with E-state index in [0.717, 1.165) is 5.56 Å². The lowest BCUT2D eigenvalue weighted by molar-refractivity contribution is 0.102. The molecule has 1 amide bonds. The molecule has 0 saturated carbocycles. The Kier molecular flexibility index (Phi) is 4.10. The lowest BCUT2D eigenvalue weighted by atomic mass is 10.1. The number of methoxy groups -OCH3 is 1. The van der Waals surface area contributed by atoms with Gasteiger partial charge in [0.1, 0.15) is 10.9 Å². The highest BCUT2D eigenvalue weighted by Gasteiger charge is 2.13. The molecule has 3 N–H and O–H groups in total. The van der Waals surface area contributed by atoms with Gasteiger partial charge in [-0.1, -0.05) is 11.6 Å². The molecule has 0 radical (unpaired) electrons. The van der Waals surface area contributed by atoms with Crippen molar-refractivity contribution in [3.05, 3.63) is 46.7 Å². The summed E-state index contributed by atoms with van der Waals surface area (Å²) < 4.78 is 5.15. The summed E-state index contributed by atoms with van der Waals surface area (Å²) in [5.74, 6) is 0.117. The van der Waals surface area contributed by atoms with E-state index in [2.05, 4.69) is 10.3 Å². The molecule has 0 unspecified atom stereocenters. The number of rotatable bonds is 3. The number of carbonyl (C=O) groups is 1. The van der Waals surface area contributed by atoms with Gasteiger partial charge in [-0.3, -0.25) is 4.79 Å². The van der Waals surface area contributed by atoms with E-state index in [1.165, 1.54) is 13.3 Å². The zero-order chi connectivity index (χ0) is 14.7. The maximum Gasteiger partial charge on any atom is 0.259 e. The molecule has 6 heteroatoms. The largest absolute Gasteiger partial charge is 0.496 e. The number of nitrogens with two attached hydrogens (primary N) is 1. The first-order chi connectivity index (χ1) is 9.51. The molecule has 0 saturated heterocycles. The van der Waals surface area contributed by atoms with Gasteiger partial charge in [0.05, 0.1) is 24.6 Å². The monoisotopic (exact) mass is 291 g/mol. The van der Waals surface area contributed by atoms with Gasteiger partial charge >= 0.3 is 0 Å².